The van der Waals surface area contributed by atoms with Crippen LogP contribution in [0, 0.1) is 16.0 Å². The van der Waals surface area contributed by atoms with Crippen molar-refractivity contribution in [3.8, 4) is 0 Å². The number of nitro benzene ring substituents is 1. The summed E-state index contributed by atoms with van der Waals surface area (Å²) in [7, 11) is 0. The molecule has 2 amide bonds. The Bertz CT molecular complexity index is 649. The van der Waals surface area contributed by atoms with E-state index in [1.165, 1.54) is 12.1 Å². The number of nitrogens with two attached hydrogens (primary N) is 1. The predicted octanol–water partition coefficient (Wildman–Crippen LogP) is 1.86. The second-order valence-electron chi connectivity index (χ2n) is 6.17. The fourth-order valence-electron chi connectivity index (χ4n) is 2.09. The van der Waals surface area contributed by atoms with E-state index in [9.17, 15) is 19.7 Å². The van der Waals surface area contributed by atoms with E-state index in [2.05, 4.69) is 10.6 Å². The molecule has 0 aromatic heterocycles. The number of carbonyl (C=O) groups is 2. The summed E-state index contributed by atoms with van der Waals surface area (Å²) in [6, 6.07) is 2.76. The average Bonchev–Trinajstić information content (AvgIpc) is 2.51. The molecule has 0 radical (unpaired) electrons. The molecule has 4 N–H and O–H groups in total. The van der Waals surface area contributed by atoms with Gasteiger partial charge in [-0.2, -0.15) is 0 Å². The number of nitrogens with zero attached hydrogens (tertiary/aromatic N) is 1. The lowest BCUT2D eigenvalue weighted by Crippen LogP contribution is -2.50. The Morgan fingerprint density at radius 1 is 1.32 bits per heavy atom. The van der Waals surface area contributed by atoms with E-state index in [0.29, 0.717) is 13.0 Å². The van der Waals surface area contributed by atoms with Crippen LogP contribution in [-0.2, 0) is 4.79 Å². The zero-order chi connectivity index (χ0) is 19.1. The van der Waals surface area contributed by atoms with Crippen molar-refractivity contribution < 1.29 is 14.5 Å². The molecule has 0 spiro atoms. The minimum Gasteiger partial charge on any atom is -0.354 e. The van der Waals surface area contributed by atoms with Crippen LogP contribution in [0.4, 0.5) is 5.69 Å². The zero-order valence-corrected chi connectivity index (χ0v) is 15.2. The van der Waals surface area contributed by atoms with E-state index < -0.39 is 16.9 Å². The van der Waals surface area contributed by atoms with Crippen molar-refractivity contribution in [2.24, 2.45) is 11.7 Å². The molecule has 0 fully saturated rings. The fraction of sp³-hybridized carbons (Fsp3) is 0.500. The summed E-state index contributed by atoms with van der Waals surface area (Å²) in [4.78, 5) is 34.8. The SMILES string of the molecule is CC(N)CCNC(=O)C(NC(=O)c1ccc([N+](=O)[O-])cc1Cl)C(C)C. The first kappa shape index (κ1) is 20.9. The molecule has 0 saturated carbocycles. The summed E-state index contributed by atoms with van der Waals surface area (Å²) >= 11 is 5.95. The highest BCUT2D eigenvalue weighted by molar-refractivity contribution is 6.34. The molecular formula is C16H23ClN4O4. The van der Waals surface area contributed by atoms with Crippen LogP contribution in [0.25, 0.3) is 0 Å². The molecule has 0 aliphatic rings. The van der Waals surface area contributed by atoms with Crippen molar-refractivity contribution in [3.05, 3.63) is 38.9 Å². The van der Waals surface area contributed by atoms with Gasteiger partial charge in [0.2, 0.25) is 5.91 Å². The van der Waals surface area contributed by atoms with E-state index >= 15 is 0 Å². The first-order valence-corrected chi connectivity index (χ1v) is 8.29. The number of benzene rings is 1. The van der Waals surface area contributed by atoms with Crippen molar-refractivity contribution in [1.29, 1.82) is 0 Å². The lowest BCUT2D eigenvalue weighted by atomic mass is 10.0. The predicted molar refractivity (Wildman–Crippen MR) is 95.5 cm³/mol. The van der Waals surface area contributed by atoms with Gasteiger partial charge in [-0.3, -0.25) is 19.7 Å². The Morgan fingerprint density at radius 3 is 2.44 bits per heavy atom. The Hall–Kier alpha value is -2.19. The molecule has 0 saturated heterocycles. The van der Waals surface area contributed by atoms with Crippen LogP contribution in [0.15, 0.2) is 18.2 Å². The lowest BCUT2D eigenvalue weighted by Gasteiger charge is -2.22. The quantitative estimate of drug-likeness (QED) is 0.475. The third kappa shape index (κ3) is 6.32. The van der Waals surface area contributed by atoms with Gasteiger partial charge in [-0.25, -0.2) is 0 Å². The van der Waals surface area contributed by atoms with E-state index in [0.717, 1.165) is 6.07 Å². The highest BCUT2D eigenvalue weighted by Crippen LogP contribution is 2.22. The third-order valence-electron chi connectivity index (χ3n) is 3.54. The normalized spacial score (nSPS) is 13.2. The molecule has 138 valence electrons. The number of non-ortho nitro benzene ring substituents is 1. The lowest BCUT2D eigenvalue weighted by molar-refractivity contribution is -0.384. The van der Waals surface area contributed by atoms with Crippen molar-refractivity contribution in [2.45, 2.75) is 39.3 Å². The summed E-state index contributed by atoms with van der Waals surface area (Å²) in [5.41, 5.74) is 5.50. The maximum absolute atomic E-state index is 12.4. The highest BCUT2D eigenvalue weighted by atomic mass is 35.5. The molecule has 0 heterocycles. The number of rotatable bonds is 8. The molecule has 2 atom stereocenters. The Labute approximate surface area is 151 Å². The number of nitrogens with one attached hydrogen (secondary N) is 2. The highest BCUT2D eigenvalue weighted by Gasteiger charge is 2.25. The van der Waals surface area contributed by atoms with Gasteiger partial charge in [-0.05, 0) is 25.3 Å². The minimum absolute atomic E-state index is 0.0358. The minimum atomic E-state index is -0.758. The second-order valence-corrected chi connectivity index (χ2v) is 6.58. The number of halogens is 1. The summed E-state index contributed by atoms with van der Waals surface area (Å²) in [5.74, 6) is -1.04. The molecule has 8 nitrogen and oxygen atoms in total. The van der Waals surface area contributed by atoms with E-state index in [4.69, 9.17) is 17.3 Å². The smallest absolute Gasteiger partial charge is 0.270 e. The fourth-order valence-corrected chi connectivity index (χ4v) is 2.35. The molecule has 1 aromatic rings. The zero-order valence-electron chi connectivity index (χ0n) is 14.4. The molecule has 9 heteroatoms. The first-order valence-electron chi connectivity index (χ1n) is 7.91. The largest absolute Gasteiger partial charge is 0.354 e. The third-order valence-corrected chi connectivity index (χ3v) is 3.86. The van der Waals surface area contributed by atoms with Gasteiger partial charge in [0.05, 0.1) is 15.5 Å². The average molecular weight is 371 g/mol. The van der Waals surface area contributed by atoms with Crippen LogP contribution in [0.1, 0.15) is 37.6 Å². The van der Waals surface area contributed by atoms with Crippen LogP contribution < -0.4 is 16.4 Å². The molecule has 25 heavy (non-hydrogen) atoms. The van der Waals surface area contributed by atoms with Gasteiger partial charge in [0, 0.05) is 24.7 Å². The monoisotopic (exact) mass is 370 g/mol. The topological polar surface area (TPSA) is 127 Å². The van der Waals surface area contributed by atoms with Gasteiger partial charge >= 0.3 is 0 Å². The van der Waals surface area contributed by atoms with Gasteiger partial charge in [0.1, 0.15) is 6.04 Å². The van der Waals surface area contributed by atoms with Crippen molar-refractivity contribution in [1.82, 2.24) is 10.6 Å². The second kappa shape index (κ2) is 9.33. The van der Waals surface area contributed by atoms with Gasteiger partial charge < -0.3 is 16.4 Å². The molecule has 1 aromatic carbocycles. The number of hydrogen-bond acceptors (Lipinski definition) is 5. The summed E-state index contributed by atoms with van der Waals surface area (Å²) in [5, 5.41) is 16.0. The number of amides is 2. The van der Waals surface area contributed by atoms with Gasteiger partial charge in [0.25, 0.3) is 11.6 Å². The van der Waals surface area contributed by atoms with Gasteiger partial charge in [-0.1, -0.05) is 25.4 Å². The molecule has 0 bridgehead atoms. The Kier molecular flexibility index (Phi) is 7.79. The van der Waals surface area contributed by atoms with E-state index in [1.807, 2.05) is 6.92 Å². The number of nitro groups is 1. The van der Waals surface area contributed by atoms with Gasteiger partial charge in [-0.15, -0.1) is 0 Å². The standard InChI is InChI=1S/C16H23ClN4O4/c1-9(2)14(16(23)19-7-6-10(3)18)20-15(22)12-5-4-11(21(24)25)8-13(12)17/h4-5,8-10,14H,6-7,18H2,1-3H3,(H,19,23)(H,20,22). The van der Waals surface area contributed by atoms with Crippen LogP contribution in [0.5, 0.6) is 0 Å². The van der Waals surface area contributed by atoms with Crippen LogP contribution in [-0.4, -0.2) is 35.4 Å². The Balaban J connectivity index is 2.83. The Morgan fingerprint density at radius 2 is 1.96 bits per heavy atom. The van der Waals surface area contributed by atoms with Gasteiger partial charge in [0.15, 0.2) is 0 Å². The molecule has 1 rings (SSSR count). The summed E-state index contributed by atoms with van der Waals surface area (Å²) in [6.07, 6.45) is 0.624. The van der Waals surface area contributed by atoms with Crippen LogP contribution in [0.2, 0.25) is 5.02 Å². The molecular weight excluding hydrogens is 348 g/mol. The number of hydrogen-bond donors (Lipinski definition) is 3. The molecule has 0 aliphatic heterocycles. The first-order chi connectivity index (χ1) is 11.6. The van der Waals surface area contributed by atoms with E-state index in [1.54, 1.807) is 13.8 Å². The number of carbonyl (C=O) groups excluding carboxylic acids is 2. The van der Waals surface area contributed by atoms with E-state index in [-0.39, 0.29) is 34.1 Å². The summed E-state index contributed by atoms with van der Waals surface area (Å²) < 4.78 is 0. The van der Waals surface area contributed by atoms with Crippen molar-refractivity contribution in [3.63, 3.8) is 0 Å². The van der Waals surface area contributed by atoms with Crippen molar-refractivity contribution in [2.75, 3.05) is 6.54 Å². The maximum atomic E-state index is 12.4. The molecule has 0 aliphatic carbocycles. The molecule has 2 unspecified atom stereocenters. The van der Waals surface area contributed by atoms with Crippen LogP contribution >= 0.6 is 11.6 Å². The summed E-state index contributed by atoms with van der Waals surface area (Å²) in [6.45, 7) is 5.85. The van der Waals surface area contributed by atoms with Crippen LogP contribution in [0.3, 0.4) is 0 Å². The maximum Gasteiger partial charge on any atom is 0.270 e. The van der Waals surface area contributed by atoms with Crippen molar-refractivity contribution >= 4 is 29.1 Å².